The molecule has 2 aliphatic rings. The second kappa shape index (κ2) is 7.43. The number of aromatic nitrogens is 1. The van der Waals surface area contributed by atoms with Crippen molar-refractivity contribution in [2.45, 2.75) is 38.4 Å². The monoisotopic (exact) mass is 383 g/mol. The average Bonchev–Trinajstić information content (AvgIpc) is 3.27. The highest BCUT2D eigenvalue weighted by molar-refractivity contribution is 8.14. The van der Waals surface area contributed by atoms with Crippen molar-refractivity contribution in [3.63, 3.8) is 0 Å². The van der Waals surface area contributed by atoms with Crippen molar-refractivity contribution >= 4 is 16.9 Å². The Labute approximate surface area is 164 Å². The standard InChI is InChI=1S/C21H25N3O2S/c1-5-14-12-27-21-23-18(16-8-6-7-11-22-16)19(24(14)21)15-9-10-17(25-3)13(2)20(15)26-4/h6-11,14,18-19H,5,12H2,1-4H3/t14-,18+,19-/m1/s1. The highest BCUT2D eigenvalue weighted by Gasteiger charge is 2.46. The van der Waals surface area contributed by atoms with Crippen LogP contribution >= 0.6 is 11.8 Å². The van der Waals surface area contributed by atoms with Gasteiger partial charge >= 0.3 is 0 Å². The first-order chi connectivity index (χ1) is 13.2. The summed E-state index contributed by atoms with van der Waals surface area (Å²) in [6.45, 7) is 4.29. The van der Waals surface area contributed by atoms with Crippen molar-refractivity contribution < 1.29 is 9.47 Å². The molecule has 0 aliphatic carbocycles. The third-order valence-electron chi connectivity index (χ3n) is 5.46. The molecule has 0 amide bonds. The van der Waals surface area contributed by atoms with Crippen molar-refractivity contribution in [3.8, 4) is 11.5 Å². The fourth-order valence-electron chi connectivity index (χ4n) is 4.11. The van der Waals surface area contributed by atoms with Crippen LogP contribution < -0.4 is 9.47 Å². The van der Waals surface area contributed by atoms with Gasteiger partial charge in [0.2, 0.25) is 0 Å². The Kier molecular flexibility index (Phi) is 5.00. The van der Waals surface area contributed by atoms with Gasteiger partial charge in [-0.15, -0.1) is 0 Å². The van der Waals surface area contributed by atoms with Crippen molar-refractivity contribution in [1.82, 2.24) is 9.88 Å². The summed E-state index contributed by atoms with van der Waals surface area (Å²) >= 11 is 1.85. The quantitative estimate of drug-likeness (QED) is 0.766. The molecule has 0 radical (unpaired) electrons. The van der Waals surface area contributed by atoms with E-state index in [1.807, 2.05) is 43.1 Å². The number of rotatable bonds is 5. The van der Waals surface area contributed by atoms with Crippen LogP contribution in [0.4, 0.5) is 0 Å². The number of nitrogens with zero attached hydrogens (tertiary/aromatic N) is 3. The number of amidine groups is 1. The highest BCUT2D eigenvalue weighted by Crippen LogP contribution is 2.51. The summed E-state index contributed by atoms with van der Waals surface area (Å²) in [7, 11) is 3.42. The highest BCUT2D eigenvalue weighted by atomic mass is 32.2. The molecule has 27 heavy (non-hydrogen) atoms. The lowest BCUT2D eigenvalue weighted by molar-refractivity contribution is 0.248. The van der Waals surface area contributed by atoms with E-state index < -0.39 is 0 Å². The number of methoxy groups -OCH3 is 2. The van der Waals surface area contributed by atoms with Gasteiger partial charge in [-0.2, -0.15) is 0 Å². The molecule has 4 rings (SSSR count). The van der Waals surface area contributed by atoms with E-state index in [0.29, 0.717) is 6.04 Å². The molecule has 2 aromatic rings. The molecule has 5 nitrogen and oxygen atoms in total. The average molecular weight is 384 g/mol. The SMILES string of the molecule is CC[C@@H]1CSC2=N[C@@H](c3ccccn3)[C@@H](c3ccc(OC)c(C)c3OC)N21. The molecule has 0 saturated carbocycles. The van der Waals surface area contributed by atoms with Crippen LogP contribution in [0.1, 0.15) is 42.2 Å². The molecule has 1 aromatic heterocycles. The largest absolute Gasteiger partial charge is 0.496 e. The lowest BCUT2D eigenvalue weighted by atomic mass is 9.93. The summed E-state index contributed by atoms with van der Waals surface area (Å²) in [6.07, 6.45) is 2.94. The number of hydrogen-bond donors (Lipinski definition) is 0. The van der Waals surface area contributed by atoms with Gasteiger partial charge in [0, 0.05) is 29.1 Å². The molecule has 6 heteroatoms. The van der Waals surface area contributed by atoms with E-state index in [-0.39, 0.29) is 12.1 Å². The van der Waals surface area contributed by atoms with Gasteiger partial charge < -0.3 is 14.4 Å². The van der Waals surface area contributed by atoms with Gasteiger partial charge in [0.05, 0.1) is 26.0 Å². The molecule has 1 saturated heterocycles. The van der Waals surface area contributed by atoms with Crippen LogP contribution in [0.25, 0.3) is 0 Å². The van der Waals surface area contributed by atoms with Gasteiger partial charge in [-0.25, -0.2) is 0 Å². The van der Waals surface area contributed by atoms with E-state index >= 15 is 0 Å². The van der Waals surface area contributed by atoms with Crippen LogP contribution in [-0.2, 0) is 0 Å². The van der Waals surface area contributed by atoms with E-state index in [1.54, 1.807) is 14.2 Å². The fourth-order valence-corrected chi connectivity index (χ4v) is 5.44. The first-order valence-electron chi connectivity index (χ1n) is 9.30. The third-order valence-corrected chi connectivity index (χ3v) is 6.58. The number of hydrogen-bond acceptors (Lipinski definition) is 6. The minimum absolute atomic E-state index is 0.0373. The van der Waals surface area contributed by atoms with Crippen molar-refractivity contribution in [1.29, 1.82) is 0 Å². The van der Waals surface area contributed by atoms with Gasteiger partial charge in [-0.3, -0.25) is 9.98 Å². The summed E-state index contributed by atoms with van der Waals surface area (Å²) in [6, 6.07) is 10.7. The molecule has 3 atom stereocenters. The molecule has 3 heterocycles. The summed E-state index contributed by atoms with van der Waals surface area (Å²) < 4.78 is 11.4. The minimum Gasteiger partial charge on any atom is -0.496 e. The van der Waals surface area contributed by atoms with E-state index in [0.717, 1.165) is 45.7 Å². The van der Waals surface area contributed by atoms with Crippen LogP contribution in [0.3, 0.4) is 0 Å². The van der Waals surface area contributed by atoms with Gasteiger partial charge in [0.1, 0.15) is 17.5 Å². The number of aliphatic imine (C=N–C) groups is 1. The van der Waals surface area contributed by atoms with Crippen molar-refractivity contribution in [3.05, 3.63) is 53.3 Å². The van der Waals surface area contributed by atoms with Crippen LogP contribution in [0.2, 0.25) is 0 Å². The maximum atomic E-state index is 5.85. The molecule has 0 bridgehead atoms. The molecule has 142 valence electrons. The summed E-state index contributed by atoms with van der Waals surface area (Å²) in [4.78, 5) is 12.2. The topological polar surface area (TPSA) is 47.0 Å². The molecule has 1 aromatic carbocycles. The molecule has 0 N–H and O–H groups in total. The zero-order valence-corrected chi connectivity index (χ0v) is 17.0. The normalized spacial score (nSPS) is 23.9. The van der Waals surface area contributed by atoms with Crippen molar-refractivity contribution in [2.24, 2.45) is 4.99 Å². The second-order valence-electron chi connectivity index (χ2n) is 6.85. The van der Waals surface area contributed by atoms with Gasteiger partial charge in [-0.1, -0.05) is 24.8 Å². The maximum absolute atomic E-state index is 5.85. The molecule has 0 spiro atoms. The Hall–Kier alpha value is -2.21. The lowest BCUT2D eigenvalue weighted by Gasteiger charge is -2.33. The summed E-state index contributed by atoms with van der Waals surface area (Å²) in [5.74, 6) is 2.80. The van der Waals surface area contributed by atoms with Gasteiger partial charge in [0.15, 0.2) is 5.17 Å². The zero-order chi connectivity index (χ0) is 19.0. The number of benzene rings is 1. The Bertz CT molecular complexity index is 856. The van der Waals surface area contributed by atoms with Crippen LogP contribution in [0.5, 0.6) is 11.5 Å². The first kappa shape index (κ1) is 18.2. The Morgan fingerprint density at radius 1 is 1.19 bits per heavy atom. The number of fused-ring (bicyclic) bond motifs is 1. The number of thioether (sulfide) groups is 1. The third kappa shape index (κ3) is 2.96. The van der Waals surface area contributed by atoms with Gasteiger partial charge in [0.25, 0.3) is 0 Å². The van der Waals surface area contributed by atoms with Crippen LogP contribution in [0.15, 0.2) is 41.5 Å². The number of ether oxygens (including phenoxy) is 2. The predicted molar refractivity (Wildman–Crippen MR) is 110 cm³/mol. The molecule has 0 unspecified atom stereocenters. The summed E-state index contributed by atoms with van der Waals surface area (Å²) in [5.41, 5.74) is 3.16. The van der Waals surface area contributed by atoms with Crippen LogP contribution in [-0.4, -0.2) is 41.1 Å². The van der Waals surface area contributed by atoms with E-state index in [4.69, 9.17) is 14.5 Å². The zero-order valence-electron chi connectivity index (χ0n) is 16.2. The predicted octanol–water partition coefficient (Wildman–Crippen LogP) is 4.39. The van der Waals surface area contributed by atoms with E-state index in [9.17, 15) is 0 Å². The summed E-state index contributed by atoms with van der Waals surface area (Å²) in [5, 5.41) is 1.12. The smallest absolute Gasteiger partial charge is 0.160 e. The molecule has 2 aliphatic heterocycles. The van der Waals surface area contributed by atoms with E-state index in [1.165, 1.54) is 0 Å². The Morgan fingerprint density at radius 3 is 2.70 bits per heavy atom. The number of pyridine rings is 1. The molecular formula is C21H25N3O2S. The fraction of sp³-hybridized carbons (Fsp3) is 0.429. The Morgan fingerprint density at radius 2 is 2.04 bits per heavy atom. The van der Waals surface area contributed by atoms with Gasteiger partial charge in [-0.05, 0) is 37.6 Å². The lowest BCUT2D eigenvalue weighted by Crippen LogP contribution is -2.35. The molecule has 1 fully saturated rings. The second-order valence-corrected chi connectivity index (χ2v) is 7.84. The first-order valence-corrected chi connectivity index (χ1v) is 10.3. The van der Waals surface area contributed by atoms with Crippen LogP contribution in [0, 0.1) is 6.92 Å². The Balaban J connectivity index is 1.86. The molecular weight excluding hydrogens is 358 g/mol. The minimum atomic E-state index is -0.0373. The maximum Gasteiger partial charge on any atom is 0.160 e. The van der Waals surface area contributed by atoms with E-state index in [2.05, 4.69) is 28.9 Å². The van der Waals surface area contributed by atoms with Crippen molar-refractivity contribution in [2.75, 3.05) is 20.0 Å².